The van der Waals surface area contributed by atoms with Gasteiger partial charge in [-0.25, -0.2) is 14.2 Å². The topological polar surface area (TPSA) is 79.9 Å². The van der Waals surface area contributed by atoms with Gasteiger partial charge in [0, 0.05) is 39.3 Å². The number of benzene rings is 4. The Morgan fingerprint density at radius 3 is 2.24 bits per heavy atom. The van der Waals surface area contributed by atoms with Gasteiger partial charge < -0.3 is 19.4 Å². The van der Waals surface area contributed by atoms with Gasteiger partial charge in [0.25, 0.3) is 0 Å². The van der Waals surface area contributed by atoms with Crippen LogP contribution in [0.2, 0.25) is 0 Å². The molecule has 0 saturated carbocycles. The first-order valence-electron chi connectivity index (χ1n) is 13.8. The predicted octanol–water partition coefficient (Wildman–Crippen LogP) is 5.47. The number of hydrogen-bond donors (Lipinski definition) is 1. The van der Waals surface area contributed by atoms with Crippen molar-refractivity contribution in [2.24, 2.45) is 0 Å². The fourth-order valence-electron chi connectivity index (χ4n) is 5.27. The van der Waals surface area contributed by atoms with Gasteiger partial charge in [-0.1, -0.05) is 84.9 Å². The number of piperazine rings is 1. The third-order valence-electron chi connectivity index (χ3n) is 7.43. The first kappa shape index (κ1) is 26.4. The number of anilines is 1. The molecule has 1 fully saturated rings. The normalized spacial score (nSPS) is 13.8. The van der Waals surface area contributed by atoms with Crippen LogP contribution < -0.4 is 16.0 Å². The Balaban J connectivity index is 1.08. The molecule has 0 atom stereocenters. The zero-order chi connectivity index (χ0) is 28.0. The zero-order valence-corrected chi connectivity index (χ0v) is 22.7. The molecule has 1 N–H and O–H groups in total. The Bertz CT molecular complexity index is 1670. The van der Waals surface area contributed by atoms with Crippen LogP contribution in [0.3, 0.4) is 0 Å². The lowest BCUT2D eigenvalue weighted by Gasteiger charge is -2.36. The van der Waals surface area contributed by atoms with Crippen LogP contribution in [0.5, 0.6) is 0 Å². The minimum absolute atomic E-state index is 0.230. The summed E-state index contributed by atoms with van der Waals surface area (Å²) >= 11 is 0. The van der Waals surface area contributed by atoms with E-state index in [1.807, 2.05) is 54.6 Å². The van der Waals surface area contributed by atoms with Crippen molar-refractivity contribution in [3.8, 4) is 11.1 Å². The number of carbonyl (C=O) groups is 1. The number of oxazole rings is 1. The van der Waals surface area contributed by atoms with Crippen molar-refractivity contribution < 1.29 is 13.9 Å². The molecule has 1 aliphatic rings. The predicted molar refractivity (Wildman–Crippen MR) is 160 cm³/mol. The summed E-state index contributed by atoms with van der Waals surface area (Å²) in [6.07, 6.45) is -0.600. The minimum Gasteiger partial charge on any atom is -0.428 e. The summed E-state index contributed by atoms with van der Waals surface area (Å²) in [6.45, 7) is 4.40. The fraction of sp³-hybridized carbons (Fsp3) is 0.212. The SMILES string of the molecule is O=C(NCc1ccccc1)OCn1c(=O)oc2c(N3CCN(Cc4cccc(-c5ccccc5)c4)CC3)cccc21. The molecule has 208 valence electrons. The second-order valence-corrected chi connectivity index (χ2v) is 10.2. The van der Waals surface area contributed by atoms with E-state index in [0.29, 0.717) is 17.6 Å². The Hall–Kier alpha value is -4.82. The van der Waals surface area contributed by atoms with Crippen molar-refractivity contribution in [3.63, 3.8) is 0 Å². The summed E-state index contributed by atoms with van der Waals surface area (Å²) in [6, 6.07) is 34.4. The van der Waals surface area contributed by atoms with Crippen LogP contribution in [0.25, 0.3) is 22.2 Å². The summed E-state index contributed by atoms with van der Waals surface area (Å²) < 4.78 is 12.3. The maximum atomic E-state index is 12.7. The van der Waals surface area contributed by atoms with Crippen molar-refractivity contribution in [3.05, 3.63) is 125 Å². The summed E-state index contributed by atoms with van der Waals surface area (Å²) in [4.78, 5) is 29.6. The molecule has 4 aromatic carbocycles. The molecule has 1 aromatic heterocycles. The van der Waals surface area contributed by atoms with E-state index in [4.69, 9.17) is 9.15 Å². The first-order chi connectivity index (χ1) is 20.1. The van der Waals surface area contributed by atoms with E-state index >= 15 is 0 Å². The Labute approximate surface area is 238 Å². The minimum atomic E-state index is -0.600. The Kier molecular flexibility index (Phi) is 7.82. The lowest BCUT2D eigenvalue weighted by molar-refractivity contribution is 0.112. The highest BCUT2D eigenvalue weighted by Gasteiger charge is 2.22. The molecule has 2 heterocycles. The number of carbonyl (C=O) groups excluding carboxylic acids is 1. The summed E-state index contributed by atoms with van der Waals surface area (Å²) in [5.74, 6) is -0.555. The van der Waals surface area contributed by atoms with E-state index in [2.05, 4.69) is 63.6 Å². The fourth-order valence-corrected chi connectivity index (χ4v) is 5.27. The quantitative estimate of drug-likeness (QED) is 0.277. The van der Waals surface area contributed by atoms with Crippen molar-refractivity contribution in [1.29, 1.82) is 0 Å². The van der Waals surface area contributed by atoms with Gasteiger partial charge in [-0.05, 0) is 40.5 Å². The lowest BCUT2D eigenvalue weighted by atomic mass is 10.0. The van der Waals surface area contributed by atoms with Crippen molar-refractivity contribution in [2.75, 3.05) is 31.1 Å². The summed E-state index contributed by atoms with van der Waals surface area (Å²) in [7, 11) is 0. The third-order valence-corrected chi connectivity index (χ3v) is 7.43. The van der Waals surface area contributed by atoms with Gasteiger partial charge in [-0.3, -0.25) is 4.90 Å². The van der Waals surface area contributed by atoms with E-state index in [-0.39, 0.29) is 6.73 Å². The molecule has 0 radical (unpaired) electrons. The van der Waals surface area contributed by atoms with Crippen LogP contribution in [0.4, 0.5) is 10.5 Å². The maximum Gasteiger partial charge on any atom is 0.422 e. The van der Waals surface area contributed by atoms with E-state index in [0.717, 1.165) is 44.0 Å². The van der Waals surface area contributed by atoms with Gasteiger partial charge >= 0.3 is 11.8 Å². The molecule has 41 heavy (non-hydrogen) atoms. The van der Waals surface area contributed by atoms with Crippen LogP contribution in [-0.4, -0.2) is 41.7 Å². The lowest BCUT2D eigenvalue weighted by Crippen LogP contribution is -2.46. The molecule has 8 nitrogen and oxygen atoms in total. The molecule has 8 heteroatoms. The molecule has 1 aliphatic heterocycles. The largest absolute Gasteiger partial charge is 0.428 e. The Morgan fingerprint density at radius 2 is 1.46 bits per heavy atom. The molecule has 5 aromatic rings. The van der Waals surface area contributed by atoms with Crippen LogP contribution in [0, 0.1) is 0 Å². The number of amides is 1. The number of nitrogens with zero attached hydrogens (tertiary/aromatic N) is 3. The van der Waals surface area contributed by atoms with Gasteiger partial charge in [0.2, 0.25) is 0 Å². The van der Waals surface area contributed by atoms with E-state index < -0.39 is 11.8 Å². The standard InChI is InChI=1S/C33H32N4O4/c38-32(34-22-25-9-3-1-4-10-25)40-24-37-30-16-8-15-29(31(30)41-33(37)39)36-19-17-35(18-20-36)23-26-11-7-14-28(21-26)27-12-5-2-6-13-27/h1-16,21H,17-20,22-24H2,(H,34,38). The zero-order valence-electron chi connectivity index (χ0n) is 22.7. The van der Waals surface area contributed by atoms with Gasteiger partial charge in [-0.2, -0.15) is 0 Å². The second kappa shape index (κ2) is 12.1. The van der Waals surface area contributed by atoms with Crippen LogP contribution in [-0.2, 0) is 24.6 Å². The molecule has 1 saturated heterocycles. The van der Waals surface area contributed by atoms with Gasteiger partial charge in [0.15, 0.2) is 12.3 Å². The average molecular weight is 549 g/mol. The van der Waals surface area contributed by atoms with E-state index in [1.165, 1.54) is 21.3 Å². The number of aromatic nitrogens is 1. The highest BCUT2D eigenvalue weighted by molar-refractivity contribution is 5.87. The monoisotopic (exact) mass is 548 g/mol. The molecule has 0 spiro atoms. The van der Waals surface area contributed by atoms with Crippen LogP contribution in [0.15, 0.2) is 112 Å². The number of alkyl carbamates (subject to hydrolysis) is 1. The van der Waals surface area contributed by atoms with Gasteiger partial charge in [-0.15, -0.1) is 0 Å². The number of fused-ring (bicyclic) bond motifs is 1. The molecule has 1 amide bonds. The summed E-state index contributed by atoms with van der Waals surface area (Å²) in [5, 5.41) is 2.70. The number of rotatable bonds is 8. The van der Waals surface area contributed by atoms with Crippen molar-refractivity contribution >= 4 is 22.9 Å². The molecule has 0 bridgehead atoms. The molecule has 6 rings (SSSR count). The number of nitrogens with one attached hydrogen (secondary N) is 1. The average Bonchev–Trinajstić information content (AvgIpc) is 3.35. The molecular weight excluding hydrogens is 516 g/mol. The molecule has 0 unspecified atom stereocenters. The smallest absolute Gasteiger partial charge is 0.422 e. The molecule has 0 aliphatic carbocycles. The van der Waals surface area contributed by atoms with Crippen LogP contribution >= 0.6 is 0 Å². The highest BCUT2D eigenvalue weighted by atomic mass is 16.6. The maximum absolute atomic E-state index is 12.7. The van der Waals surface area contributed by atoms with Gasteiger partial charge in [0.1, 0.15) is 0 Å². The number of para-hydroxylation sites is 1. The first-order valence-corrected chi connectivity index (χ1v) is 13.8. The summed E-state index contributed by atoms with van der Waals surface area (Å²) in [5.41, 5.74) is 6.68. The third kappa shape index (κ3) is 6.18. The highest BCUT2D eigenvalue weighted by Crippen LogP contribution is 2.28. The number of ether oxygens (including phenoxy) is 1. The van der Waals surface area contributed by atoms with Crippen molar-refractivity contribution in [2.45, 2.75) is 19.8 Å². The van der Waals surface area contributed by atoms with E-state index in [9.17, 15) is 9.59 Å². The van der Waals surface area contributed by atoms with Gasteiger partial charge in [0.05, 0.1) is 11.2 Å². The number of hydrogen-bond acceptors (Lipinski definition) is 6. The van der Waals surface area contributed by atoms with Crippen LogP contribution in [0.1, 0.15) is 11.1 Å². The Morgan fingerprint density at radius 1 is 0.780 bits per heavy atom. The molecular formula is C33H32N4O4. The second-order valence-electron chi connectivity index (χ2n) is 10.2. The van der Waals surface area contributed by atoms with E-state index in [1.54, 1.807) is 0 Å². The van der Waals surface area contributed by atoms with Crippen molar-refractivity contribution in [1.82, 2.24) is 14.8 Å².